The van der Waals surface area contributed by atoms with Gasteiger partial charge >= 0.3 is 0 Å². The third-order valence-corrected chi connectivity index (χ3v) is 4.77. The fraction of sp³-hybridized carbons (Fsp3) is 0.474. The van der Waals surface area contributed by atoms with E-state index in [4.69, 9.17) is 5.11 Å². The zero-order valence-corrected chi connectivity index (χ0v) is 16.3. The highest BCUT2D eigenvalue weighted by molar-refractivity contribution is 6.03. The minimum absolute atomic E-state index is 0.234. The lowest BCUT2D eigenvalue weighted by Crippen LogP contribution is -2.51. The molecule has 2 saturated heterocycles. The molecule has 2 atom stereocenters. The van der Waals surface area contributed by atoms with Crippen LogP contribution in [-0.2, 0) is 4.79 Å². The molecule has 28 heavy (non-hydrogen) atoms. The van der Waals surface area contributed by atoms with Gasteiger partial charge in [0.05, 0.1) is 6.61 Å². The van der Waals surface area contributed by atoms with E-state index in [9.17, 15) is 4.79 Å². The molecule has 2 aliphatic heterocycles. The number of hydrogen-bond donors (Lipinski definition) is 4. The van der Waals surface area contributed by atoms with Crippen molar-refractivity contribution in [3.8, 4) is 0 Å². The fourth-order valence-electron chi connectivity index (χ4n) is 3.48. The van der Waals surface area contributed by atoms with Crippen molar-refractivity contribution in [3.63, 3.8) is 0 Å². The van der Waals surface area contributed by atoms with Crippen LogP contribution >= 0.6 is 0 Å². The Labute approximate surface area is 164 Å². The van der Waals surface area contributed by atoms with Gasteiger partial charge in [-0.3, -0.25) is 4.79 Å². The number of aliphatic hydroxyl groups is 1. The summed E-state index contributed by atoms with van der Waals surface area (Å²) in [6, 6.07) is 2.94. The third kappa shape index (κ3) is 4.93. The highest BCUT2D eigenvalue weighted by Gasteiger charge is 2.32. The van der Waals surface area contributed by atoms with Crippen LogP contribution in [0.1, 0.15) is 19.8 Å². The number of likely N-dealkylation sites (N-methyl/N-ethyl adjacent to an activating group) is 1. The summed E-state index contributed by atoms with van der Waals surface area (Å²) < 4.78 is 0. The van der Waals surface area contributed by atoms with Gasteiger partial charge in [0.1, 0.15) is 11.5 Å². The van der Waals surface area contributed by atoms with Gasteiger partial charge in [-0.15, -0.1) is 0 Å². The lowest BCUT2D eigenvalue weighted by molar-refractivity contribution is -0.117. The topological polar surface area (TPSA) is 115 Å². The first-order valence-corrected chi connectivity index (χ1v) is 9.37. The minimum atomic E-state index is -0.338. The molecule has 9 heteroatoms. The standard InChI is InChI=1S/C19H27N7O2/c1-12(8-16(18(28)20-3)22-13(2)11-27)23-19-21-7-6-17(25-19)26-9-14-4-5-15(10-26)24-14/h6-8,14-15,22,24,27H,2,4-5,9-11H2,1,3H3,(H,20,28)/t14-,15+. The van der Waals surface area contributed by atoms with Crippen LogP contribution in [-0.4, -0.2) is 65.5 Å². The average Bonchev–Trinajstić information content (AvgIpc) is 3.04. The van der Waals surface area contributed by atoms with Crippen molar-refractivity contribution < 1.29 is 9.90 Å². The van der Waals surface area contributed by atoms with Gasteiger partial charge < -0.3 is 26.0 Å². The van der Waals surface area contributed by atoms with Crippen molar-refractivity contribution in [2.24, 2.45) is 4.99 Å². The van der Waals surface area contributed by atoms with Gasteiger partial charge in [0, 0.05) is 49.8 Å². The second-order valence-electron chi connectivity index (χ2n) is 7.03. The molecule has 0 radical (unpaired) electrons. The molecule has 3 rings (SSSR count). The molecule has 4 N–H and O–H groups in total. The maximum absolute atomic E-state index is 12.0. The number of fused-ring (bicyclic) bond motifs is 2. The number of aromatic nitrogens is 2. The van der Waals surface area contributed by atoms with Crippen molar-refractivity contribution in [1.82, 2.24) is 25.9 Å². The number of carbonyl (C=O) groups excluding carboxylic acids is 1. The monoisotopic (exact) mass is 385 g/mol. The number of anilines is 1. The van der Waals surface area contributed by atoms with Crippen LogP contribution in [0.25, 0.3) is 0 Å². The van der Waals surface area contributed by atoms with Crippen molar-refractivity contribution in [1.29, 1.82) is 0 Å². The van der Waals surface area contributed by atoms with Crippen molar-refractivity contribution in [2.75, 3.05) is 31.6 Å². The molecule has 150 valence electrons. The highest BCUT2D eigenvalue weighted by Crippen LogP contribution is 2.24. The van der Waals surface area contributed by atoms with E-state index in [1.807, 2.05) is 6.07 Å². The number of nitrogens with zero attached hydrogens (tertiary/aromatic N) is 4. The molecule has 1 amide bonds. The Morgan fingerprint density at radius 1 is 1.46 bits per heavy atom. The number of aliphatic hydroxyl groups excluding tert-OH is 1. The first kappa shape index (κ1) is 20.0. The molecule has 1 aromatic rings. The molecule has 2 bridgehead atoms. The predicted molar refractivity (Wildman–Crippen MR) is 108 cm³/mol. The largest absolute Gasteiger partial charge is 0.390 e. The molecule has 3 heterocycles. The van der Waals surface area contributed by atoms with Crippen LogP contribution in [0.2, 0.25) is 0 Å². The Bertz CT molecular complexity index is 793. The van der Waals surface area contributed by atoms with E-state index in [2.05, 4.69) is 42.4 Å². The molecule has 1 aromatic heterocycles. The second-order valence-corrected chi connectivity index (χ2v) is 7.03. The van der Waals surface area contributed by atoms with Gasteiger partial charge in [0.2, 0.25) is 0 Å². The Morgan fingerprint density at radius 2 is 2.18 bits per heavy atom. The minimum Gasteiger partial charge on any atom is -0.390 e. The summed E-state index contributed by atoms with van der Waals surface area (Å²) in [6.07, 6.45) is 5.68. The Morgan fingerprint density at radius 3 is 2.82 bits per heavy atom. The highest BCUT2D eigenvalue weighted by atomic mass is 16.3. The Kier molecular flexibility index (Phi) is 6.37. The summed E-state index contributed by atoms with van der Waals surface area (Å²) in [4.78, 5) is 27.5. The first-order chi connectivity index (χ1) is 13.5. The maximum Gasteiger partial charge on any atom is 0.267 e. The molecule has 9 nitrogen and oxygen atoms in total. The third-order valence-electron chi connectivity index (χ3n) is 4.77. The van der Waals surface area contributed by atoms with Gasteiger partial charge in [-0.2, -0.15) is 4.98 Å². The quantitative estimate of drug-likeness (QED) is 0.392. The molecule has 2 fully saturated rings. The van der Waals surface area contributed by atoms with E-state index < -0.39 is 0 Å². The molecule has 0 aromatic carbocycles. The van der Waals surface area contributed by atoms with Crippen LogP contribution in [0, 0.1) is 0 Å². The molecule has 0 unspecified atom stereocenters. The van der Waals surface area contributed by atoms with E-state index in [-0.39, 0.29) is 18.2 Å². The maximum atomic E-state index is 12.0. The smallest absolute Gasteiger partial charge is 0.267 e. The van der Waals surface area contributed by atoms with Gasteiger partial charge in [0.25, 0.3) is 11.9 Å². The number of hydrogen-bond acceptors (Lipinski definition) is 8. The predicted octanol–water partition coefficient (Wildman–Crippen LogP) is 0.235. The summed E-state index contributed by atoms with van der Waals surface area (Å²) in [5.41, 5.74) is 1.10. The lowest BCUT2D eigenvalue weighted by atomic mass is 10.2. The molecule has 0 aliphatic carbocycles. The number of rotatable bonds is 7. The summed E-state index contributed by atoms with van der Waals surface area (Å²) >= 11 is 0. The SMILES string of the molecule is C=C(CO)NC(=CC(C)=Nc1nccc(N2C[C@H]3CC[C@@H](C2)N3)n1)C(=O)NC. The Balaban J connectivity index is 1.77. The number of aliphatic imine (C=N–C) groups is 1. The number of allylic oxidation sites excluding steroid dienone is 1. The molecule has 2 aliphatic rings. The molecule has 0 saturated carbocycles. The van der Waals surface area contributed by atoms with E-state index in [1.54, 1.807) is 19.2 Å². The average molecular weight is 385 g/mol. The van der Waals surface area contributed by atoms with Crippen molar-refractivity contribution >= 4 is 23.4 Å². The number of amides is 1. The summed E-state index contributed by atoms with van der Waals surface area (Å²) in [7, 11) is 1.53. The fourth-order valence-corrected chi connectivity index (χ4v) is 3.48. The lowest BCUT2D eigenvalue weighted by Gasteiger charge is -2.33. The van der Waals surface area contributed by atoms with Gasteiger partial charge in [-0.1, -0.05) is 6.58 Å². The summed E-state index contributed by atoms with van der Waals surface area (Å²) in [5.74, 6) is 0.867. The number of carbonyl (C=O) groups is 1. The van der Waals surface area contributed by atoms with E-state index in [1.165, 1.54) is 19.9 Å². The van der Waals surface area contributed by atoms with Crippen LogP contribution in [0.3, 0.4) is 0 Å². The van der Waals surface area contributed by atoms with Crippen LogP contribution in [0.5, 0.6) is 0 Å². The zero-order valence-electron chi connectivity index (χ0n) is 16.3. The summed E-state index contributed by atoms with van der Waals surface area (Å²) in [6.45, 7) is 6.99. The first-order valence-electron chi connectivity index (χ1n) is 9.37. The number of nitrogens with one attached hydrogen (secondary N) is 3. The van der Waals surface area contributed by atoms with E-state index in [0.717, 1.165) is 18.9 Å². The van der Waals surface area contributed by atoms with Gasteiger partial charge in [0.15, 0.2) is 0 Å². The normalized spacial score (nSPS) is 22.2. The van der Waals surface area contributed by atoms with Crippen molar-refractivity contribution in [3.05, 3.63) is 36.3 Å². The molecule has 0 spiro atoms. The Hall–Kier alpha value is -2.78. The number of piperazine rings is 1. The van der Waals surface area contributed by atoms with Crippen LogP contribution < -0.4 is 20.9 Å². The molecular weight excluding hydrogens is 358 g/mol. The van der Waals surface area contributed by atoms with Gasteiger partial charge in [-0.05, 0) is 31.9 Å². The van der Waals surface area contributed by atoms with E-state index >= 15 is 0 Å². The van der Waals surface area contributed by atoms with Crippen LogP contribution in [0.4, 0.5) is 11.8 Å². The van der Waals surface area contributed by atoms with Gasteiger partial charge in [-0.25, -0.2) is 9.98 Å². The summed E-state index contributed by atoms with van der Waals surface area (Å²) in [5, 5.41) is 18.0. The van der Waals surface area contributed by atoms with Crippen LogP contribution in [0.15, 0.2) is 41.3 Å². The van der Waals surface area contributed by atoms with Crippen molar-refractivity contribution in [2.45, 2.75) is 31.8 Å². The zero-order chi connectivity index (χ0) is 20.1. The van der Waals surface area contributed by atoms with E-state index in [0.29, 0.717) is 29.4 Å². The molecular formula is C19H27N7O2. The second kappa shape index (κ2) is 8.94.